The second kappa shape index (κ2) is 5.95. The SMILES string of the molecule is Cc1nccn1[C@@H]1CCCN(C(=O)C[C@H]2CCCO2)C1. The molecule has 0 radical (unpaired) electrons. The lowest BCUT2D eigenvalue weighted by molar-refractivity contribution is -0.135. The summed E-state index contributed by atoms with van der Waals surface area (Å²) in [5, 5.41) is 0. The molecule has 0 spiro atoms. The van der Waals surface area contributed by atoms with E-state index in [1.54, 1.807) is 0 Å². The number of hydrogen-bond donors (Lipinski definition) is 0. The average Bonchev–Trinajstić information content (AvgIpc) is 3.10. The largest absolute Gasteiger partial charge is 0.378 e. The molecule has 0 bridgehead atoms. The third-order valence-electron chi connectivity index (χ3n) is 4.43. The Morgan fingerprint density at radius 2 is 2.35 bits per heavy atom. The lowest BCUT2D eigenvalue weighted by Gasteiger charge is -2.34. The Balaban J connectivity index is 1.60. The fraction of sp³-hybridized carbons (Fsp3) is 0.733. The van der Waals surface area contributed by atoms with Gasteiger partial charge < -0.3 is 14.2 Å². The van der Waals surface area contributed by atoms with Crippen molar-refractivity contribution in [1.82, 2.24) is 14.5 Å². The summed E-state index contributed by atoms with van der Waals surface area (Å²) in [6, 6.07) is 0.375. The van der Waals surface area contributed by atoms with Crippen LogP contribution >= 0.6 is 0 Å². The normalized spacial score (nSPS) is 26.9. The Labute approximate surface area is 119 Å². The quantitative estimate of drug-likeness (QED) is 0.848. The van der Waals surface area contributed by atoms with Gasteiger partial charge in [0.05, 0.1) is 18.6 Å². The Bertz CT molecular complexity index is 465. The summed E-state index contributed by atoms with van der Waals surface area (Å²) in [5.74, 6) is 1.28. The molecule has 110 valence electrons. The van der Waals surface area contributed by atoms with Gasteiger partial charge in [0.25, 0.3) is 0 Å². The first kappa shape index (κ1) is 13.6. The lowest BCUT2D eigenvalue weighted by Crippen LogP contribution is -2.41. The number of ether oxygens (including phenoxy) is 1. The highest BCUT2D eigenvalue weighted by Crippen LogP contribution is 2.24. The van der Waals surface area contributed by atoms with Gasteiger partial charge in [0, 0.05) is 32.1 Å². The van der Waals surface area contributed by atoms with E-state index in [1.165, 1.54) is 0 Å². The third kappa shape index (κ3) is 2.87. The van der Waals surface area contributed by atoms with Gasteiger partial charge in [-0.25, -0.2) is 4.98 Å². The molecule has 2 aliphatic rings. The van der Waals surface area contributed by atoms with E-state index in [0.29, 0.717) is 12.5 Å². The molecular weight excluding hydrogens is 254 g/mol. The van der Waals surface area contributed by atoms with E-state index >= 15 is 0 Å². The van der Waals surface area contributed by atoms with Gasteiger partial charge in [0.2, 0.25) is 5.91 Å². The summed E-state index contributed by atoms with van der Waals surface area (Å²) >= 11 is 0. The number of aromatic nitrogens is 2. The number of likely N-dealkylation sites (tertiary alicyclic amines) is 1. The van der Waals surface area contributed by atoms with Crippen LogP contribution in [-0.2, 0) is 9.53 Å². The third-order valence-corrected chi connectivity index (χ3v) is 4.43. The molecule has 0 unspecified atom stereocenters. The van der Waals surface area contributed by atoms with Gasteiger partial charge in [-0.05, 0) is 32.6 Å². The van der Waals surface area contributed by atoms with Crippen LogP contribution in [0.4, 0.5) is 0 Å². The van der Waals surface area contributed by atoms with E-state index < -0.39 is 0 Å². The maximum atomic E-state index is 12.4. The van der Waals surface area contributed by atoms with Crippen LogP contribution < -0.4 is 0 Å². The molecule has 0 aliphatic carbocycles. The van der Waals surface area contributed by atoms with Crippen LogP contribution in [0.3, 0.4) is 0 Å². The van der Waals surface area contributed by atoms with Crippen LogP contribution in [0.25, 0.3) is 0 Å². The minimum Gasteiger partial charge on any atom is -0.378 e. The van der Waals surface area contributed by atoms with Gasteiger partial charge in [-0.3, -0.25) is 4.79 Å². The predicted octanol–water partition coefficient (Wildman–Crippen LogP) is 1.92. The molecule has 3 heterocycles. The minimum atomic E-state index is 0.151. The molecule has 5 nitrogen and oxygen atoms in total. The van der Waals surface area contributed by atoms with Crippen molar-refractivity contribution in [2.45, 2.75) is 51.2 Å². The van der Waals surface area contributed by atoms with E-state index in [-0.39, 0.29) is 12.0 Å². The Morgan fingerprint density at radius 3 is 3.05 bits per heavy atom. The number of rotatable bonds is 3. The van der Waals surface area contributed by atoms with Gasteiger partial charge in [-0.2, -0.15) is 0 Å². The first-order valence-electron chi connectivity index (χ1n) is 7.63. The van der Waals surface area contributed by atoms with Crippen LogP contribution in [-0.4, -0.2) is 46.2 Å². The number of imidazole rings is 1. The van der Waals surface area contributed by atoms with Crippen molar-refractivity contribution in [3.8, 4) is 0 Å². The molecule has 2 saturated heterocycles. The van der Waals surface area contributed by atoms with Gasteiger partial charge >= 0.3 is 0 Å². The van der Waals surface area contributed by atoms with Crippen molar-refractivity contribution in [1.29, 1.82) is 0 Å². The second-order valence-corrected chi connectivity index (χ2v) is 5.86. The van der Waals surface area contributed by atoms with E-state index in [4.69, 9.17) is 4.74 Å². The van der Waals surface area contributed by atoms with Crippen molar-refractivity contribution < 1.29 is 9.53 Å². The van der Waals surface area contributed by atoms with Gasteiger partial charge in [0.1, 0.15) is 5.82 Å². The highest BCUT2D eigenvalue weighted by molar-refractivity contribution is 5.76. The first-order chi connectivity index (χ1) is 9.74. The molecule has 0 saturated carbocycles. The summed E-state index contributed by atoms with van der Waals surface area (Å²) < 4.78 is 7.77. The fourth-order valence-electron chi connectivity index (χ4n) is 3.31. The number of piperidine rings is 1. The van der Waals surface area contributed by atoms with Crippen LogP contribution in [0.15, 0.2) is 12.4 Å². The zero-order chi connectivity index (χ0) is 13.9. The monoisotopic (exact) mass is 277 g/mol. The second-order valence-electron chi connectivity index (χ2n) is 5.86. The standard InChI is InChI=1S/C15H23N3O2/c1-12-16-6-8-18(12)13-4-2-7-17(11-13)15(19)10-14-5-3-9-20-14/h6,8,13-14H,2-5,7,9-11H2,1H3/t13-,14-/m1/s1. The maximum absolute atomic E-state index is 12.4. The topological polar surface area (TPSA) is 47.4 Å². The number of aryl methyl sites for hydroxylation is 1. The molecule has 3 rings (SSSR count). The van der Waals surface area contributed by atoms with Crippen molar-refractivity contribution in [3.63, 3.8) is 0 Å². The molecule has 2 atom stereocenters. The smallest absolute Gasteiger partial charge is 0.225 e. The molecule has 1 amide bonds. The van der Waals surface area contributed by atoms with Gasteiger partial charge in [0.15, 0.2) is 0 Å². The Hall–Kier alpha value is -1.36. The van der Waals surface area contributed by atoms with E-state index in [9.17, 15) is 4.79 Å². The van der Waals surface area contributed by atoms with Crippen LogP contribution in [0.1, 0.15) is 44.0 Å². The van der Waals surface area contributed by atoms with Crippen LogP contribution in [0, 0.1) is 6.92 Å². The molecule has 0 aromatic carbocycles. The maximum Gasteiger partial charge on any atom is 0.225 e. The van der Waals surface area contributed by atoms with E-state index in [2.05, 4.69) is 9.55 Å². The number of nitrogens with zero attached hydrogens (tertiary/aromatic N) is 3. The summed E-state index contributed by atoms with van der Waals surface area (Å²) in [6.07, 6.45) is 8.88. The first-order valence-corrected chi connectivity index (χ1v) is 7.63. The van der Waals surface area contributed by atoms with Crippen LogP contribution in [0.5, 0.6) is 0 Å². The Kier molecular flexibility index (Phi) is 4.05. The molecule has 1 aromatic rings. The lowest BCUT2D eigenvalue weighted by atomic mass is 10.0. The fourth-order valence-corrected chi connectivity index (χ4v) is 3.31. The molecule has 0 N–H and O–H groups in total. The zero-order valence-electron chi connectivity index (χ0n) is 12.1. The van der Waals surface area contributed by atoms with E-state index in [0.717, 1.165) is 51.2 Å². The van der Waals surface area contributed by atoms with E-state index in [1.807, 2.05) is 24.2 Å². The van der Waals surface area contributed by atoms with Crippen LogP contribution in [0.2, 0.25) is 0 Å². The summed E-state index contributed by atoms with van der Waals surface area (Å²) in [6.45, 7) is 4.53. The zero-order valence-corrected chi connectivity index (χ0v) is 12.1. The van der Waals surface area contributed by atoms with Crippen molar-refractivity contribution in [2.75, 3.05) is 19.7 Å². The predicted molar refractivity (Wildman–Crippen MR) is 75.4 cm³/mol. The number of carbonyl (C=O) groups excluding carboxylic acids is 1. The minimum absolute atomic E-state index is 0.151. The summed E-state index contributed by atoms with van der Waals surface area (Å²) in [4.78, 5) is 18.7. The summed E-state index contributed by atoms with van der Waals surface area (Å²) in [7, 11) is 0. The molecule has 20 heavy (non-hydrogen) atoms. The molecule has 2 fully saturated rings. The summed E-state index contributed by atoms with van der Waals surface area (Å²) in [5.41, 5.74) is 0. The van der Waals surface area contributed by atoms with Crippen molar-refractivity contribution in [3.05, 3.63) is 18.2 Å². The molecule has 2 aliphatic heterocycles. The number of hydrogen-bond acceptors (Lipinski definition) is 3. The molecular formula is C15H23N3O2. The number of carbonyl (C=O) groups is 1. The highest BCUT2D eigenvalue weighted by atomic mass is 16.5. The molecule has 1 aromatic heterocycles. The van der Waals surface area contributed by atoms with Crippen molar-refractivity contribution in [2.24, 2.45) is 0 Å². The van der Waals surface area contributed by atoms with Gasteiger partial charge in [-0.15, -0.1) is 0 Å². The number of amides is 1. The Morgan fingerprint density at radius 1 is 1.45 bits per heavy atom. The van der Waals surface area contributed by atoms with Crippen molar-refractivity contribution >= 4 is 5.91 Å². The average molecular weight is 277 g/mol. The van der Waals surface area contributed by atoms with Gasteiger partial charge in [-0.1, -0.05) is 0 Å². The molecule has 5 heteroatoms. The highest BCUT2D eigenvalue weighted by Gasteiger charge is 2.28.